The van der Waals surface area contributed by atoms with Crippen molar-refractivity contribution in [1.82, 2.24) is 0 Å². The molecular formula is C24H24N2O3. The smallest absolute Gasteiger partial charge is 0.233 e. The van der Waals surface area contributed by atoms with Gasteiger partial charge in [0.15, 0.2) is 5.75 Å². The number of rotatable bonds is 6. The largest absolute Gasteiger partial charge is 0.455 e. The molecule has 0 unspecified atom stereocenters. The first-order valence-electron chi connectivity index (χ1n) is 9.42. The van der Waals surface area contributed by atoms with Crippen molar-refractivity contribution >= 4 is 23.2 Å². The highest BCUT2D eigenvalue weighted by molar-refractivity contribution is 6.08. The Morgan fingerprint density at radius 2 is 1.38 bits per heavy atom. The Balaban J connectivity index is 1.65. The van der Waals surface area contributed by atoms with Crippen LogP contribution >= 0.6 is 0 Å². The summed E-state index contributed by atoms with van der Waals surface area (Å²) in [6, 6.07) is 20.4. The number of carbonyl (C=O) groups excluding carboxylic acids is 2. The van der Waals surface area contributed by atoms with Gasteiger partial charge in [-0.2, -0.15) is 0 Å². The minimum absolute atomic E-state index is 0.285. The summed E-state index contributed by atoms with van der Waals surface area (Å²) in [5, 5.41) is 5.61. The lowest BCUT2D eigenvalue weighted by Gasteiger charge is -2.14. The molecule has 0 radical (unpaired) electrons. The van der Waals surface area contributed by atoms with Crippen molar-refractivity contribution in [3.05, 3.63) is 83.4 Å². The third-order valence-electron chi connectivity index (χ3n) is 4.39. The number of ether oxygens (including phenoxy) is 1. The van der Waals surface area contributed by atoms with E-state index in [1.54, 1.807) is 18.2 Å². The van der Waals surface area contributed by atoms with E-state index in [1.165, 1.54) is 0 Å². The highest BCUT2D eigenvalue weighted by atomic mass is 16.5. The fraction of sp³-hybridized carbons (Fsp3) is 0.167. The molecule has 148 valence electrons. The van der Waals surface area contributed by atoms with Gasteiger partial charge < -0.3 is 15.4 Å². The van der Waals surface area contributed by atoms with Crippen molar-refractivity contribution in [3.8, 4) is 11.5 Å². The van der Waals surface area contributed by atoms with Crippen LogP contribution in [0.4, 0.5) is 11.4 Å². The second-order valence-corrected chi connectivity index (χ2v) is 6.96. The second-order valence-electron chi connectivity index (χ2n) is 6.96. The van der Waals surface area contributed by atoms with Gasteiger partial charge in [-0.1, -0.05) is 48.0 Å². The molecule has 5 heteroatoms. The topological polar surface area (TPSA) is 67.4 Å². The van der Waals surface area contributed by atoms with Crippen LogP contribution in [0, 0.1) is 20.8 Å². The van der Waals surface area contributed by atoms with Gasteiger partial charge in [0.2, 0.25) is 11.8 Å². The van der Waals surface area contributed by atoms with E-state index in [1.807, 2.05) is 69.3 Å². The molecule has 2 N–H and O–H groups in total. The van der Waals surface area contributed by atoms with Crippen LogP contribution in [-0.2, 0) is 9.59 Å². The fourth-order valence-electron chi connectivity index (χ4n) is 3.18. The number of nitrogens with one attached hydrogen (secondary N) is 2. The second kappa shape index (κ2) is 9.06. The molecule has 0 saturated carbocycles. The van der Waals surface area contributed by atoms with Crippen LogP contribution in [0.3, 0.4) is 0 Å². The van der Waals surface area contributed by atoms with Gasteiger partial charge in [-0.25, -0.2) is 0 Å². The third-order valence-corrected chi connectivity index (χ3v) is 4.39. The number of para-hydroxylation sites is 3. The van der Waals surface area contributed by atoms with E-state index >= 15 is 0 Å². The van der Waals surface area contributed by atoms with E-state index < -0.39 is 5.91 Å². The molecule has 5 nitrogen and oxygen atoms in total. The molecule has 0 heterocycles. The van der Waals surface area contributed by atoms with Gasteiger partial charge in [-0.15, -0.1) is 0 Å². The van der Waals surface area contributed by atoms with Crippen LogP contribution in [0.5, 0.6) is 11.5 Å². The van der Waals surface area contributed by atoms with Gasteiger partial charge >= 0.3 is 0 Å². The quantitative estimate of drug-likeness (QED) is 0.558. The summed E-state index contributed by atoms with van der Waals surface area (Å²) in [6.45, 7) is 5.88. The first-order chi connectivity index (χ1) is 13.9. The van der Waals surface area contributed by atoms with Gasteiger partial charge in [0.05, 0.1) is 5.69 Å². The Bertz CT molecular complexity index is 1010. The van der Waals surface area contributed by atoms with Crippen molar-refractivity contribution < 1.29 is 14.3 Å². The molecule has 0 aliphatic rings. The van der Waals surface area contributed by atoms with Crippen LogP contribution in [0.2, 0.25) is 0 Å². The van der Waals surface area contributed by atoms with Crippen LogP contribution in [-0.4, -0.2) is 11.8 Å². The van der Waals surface area contributed by atoms with E-state index in [0.29, 0.717) is 17.2 Å². The molecular weight excluding hydrogens is 364 g/mol. The molecule has 0 saturated heterocycles. The average Bonchev–Trinajstić information content (AvgIpc) is 2.67. The predicted molar refractivity (Wildman–Crippen MR) is 115 cm³/mol. The maximum Gasteiger partial charge on any atom is 0.233 e. The van der Waals surface area contributed by atoms with Gasteiger partial charge in [-0.05, 0) is 56.2 Å². The zero-order valence-electron chi connectivity index (χ0n) is 16.8. The monoisotopic (exact) mass is 388 g/mol. The highest BCUT2D eigenvalue weighted by Gasteiger charge is 2.14. The zero-order chi connectivity index (χ0) is 20.8. The maximum absolute atomic E-state index is 12.4. The molecule has 0 aromatic heterocycles. The van der Waals surface area contributed by atoms with Crippen molar-refractivity contribution in [1.29, 1.82) is 0 Å². The van der Waals surface area contributed by atoms with Crippen molar-refractivity contribution in [2.75, 3.05) is 10.6 Å². The molecule has 0 fully saturated rings. The highest BCUT2D eigenvalue weighted by Crippen LogP contribution is 2.29. The lowest BCUT2D eigenvalue weighted by Crippen LogP contribution is -2.22. The summed E-state index contributed by atoms with van der Waals surface area (Å²) in [4.78, 5) is 24.8. The minimum atomic E-state index is -0.408. The lowest BCUT2D eigenvalue weighted by atomic mass is 10.0. The summed E-state index contributed by atoms with van der Waals surface area (Å²) in [5.74, 6) is 0.406. The molecule has 0 aliphatic carbocycles. The van der Waals surface area contributed by atoms with Crippen LogP contribution in [0.25, 0.3) is 0 Å². The van der Waals surface area contributed by atoms with Crippen molar-refractivity contribution in [3.63, 3.8) is 0 Å². The molecule has 2 amide bonds. The fourth-order valence-corrected chi connectivity index (χ4v) is 3.18. The standard InChI is InChI=1S/C24H24N2O3/c1-16-13-17(2)24(18(3)14-16)26-23(28)15-22(27)25-20-11-7-8-12-21(20)29-19-9-5-4-6-10-19/h4-14H,15H2,1-3H3,(H,25,27)(H,26,28). The van der Waals surface area contributed by atoms with E-state index in [4.69, 9.17) is 4.74 Å². The zero-order valence-corrected chi connectivity index (χ0v) is 16.8. The third kappa shape index (κ3) is 5.45. The summed E-state index contributed by atoms with van der Waals surface area (Å²) in [6.07, 6.45) is -0.285. The molecule has 0 aliphatic heterocycles. The molecule has 3 aromatic rings. The van der Waals surface area contributed by atoms with Crippen LogP contribution in [0.15, 0.2) is 66.7 Å². The summed E-state index contributed by atoms with van der Waals surface area (Å²) >= 11 is 0. The van der Waals surface area contributed by atoms with Crippen LogP contribution < -0.4 is 15.4 Å². The Labute approximate surface area is 170 Å². The van der Waals surface area contributed by atoms with Gasteiger partial charge in [-0.3, -0.25) is 9.59 Å². The first kappa shape index (κ1) is 20.1. The Morgan fingerprint density at radius 1 is 0.793 bits per heavy atom. The van der Waals surface area contributed by atoms with E-state index in [9.17, 15) is 9.59 Å². The maximum atomic E-state index is 12.4. The van der Waals surface area contributed by atoms with Crippen molar-refractivity contribution in [2.24, 2.45) is 0 Å². The van der Waals surface area contributed by atoms with Gasteiger partial charge in [0.1, 0.15) is 12.2 Å². The molecule has 0 atom stereocenters. The molecule has 3 rings (SSSR count). The number of anilines is 2. The number of carbonyl (C=O) groups is 2. The summed E-state index contributed by atoms with van der Waals surface area (Å²) < 4.78 is 5.84. The number of aryl methyl sites for hydroxylation is 3. The predicted octanol–water partition coefficient (Wildman–Crippen LogP) is 5.37. The first-order valence-corrected chi connectivity index (χ1v) is 9.42. The molecule has 29 heavy (non-hydrogen) atoms. The number of hydrogen-bond donors (Lipinski definition) is 2. The average molecular weight is 388 g/mol. The number of amides is 2. The van der Waals surface area contributed by atoms with E-state index in [2.05, 4.69) is 10.6 Å². The SMILES string of the molecule is Cc1cc(C)c(NC(=O)CC(=O)Nc2ccccc2Oc2ccccc2)c(C)c1. The van der Waals surface area contributed by atoms with Gasteiger partial charge in [0.25, 0.3) is 0 Å². The minimum Gasteiger partial charge on any atom is -0.455 e. The summed E-state index contributed by atoms with van der Waals surface area (Å²) in [7, 11) is 0. The van der Waals surface area contributed by atoms with Crippen molar-refractivity contribution in [2.45, 2.75) is 27.2 Å². The Morgan fingerprint density at radius 3 is 2.07 bits per heavy atom. The lowest BCUT2D eigenvalue weighted by molar-refractivity contribution is -0.123. The molecule has 0 spiro atoms. The molecule has 3 aromatic carbocycles. The number of benzene rings is 3. The summed E-state index contributed by atoms with van der Waals surface area (Å²) in [5.41, 5.74) is 4.33. The van der Waals surface area contributed by atoms with Crippen LogP contribution in [0.1, 0.15) is 23.1 Å². The normalized spacial score (nSPS) is 10.3. The Hall–Kier alpha value is -3.60. The molecule has 0 bridgehead atoms. The van der Waals surface area contributed by atoms with E-state index in [0.717, 1.165) is 22.4 Å². The Kier molecular flexibility index (Phi) is 6.29. The van der Waals surface area contributed by atoms with Gasteiger partial charge in [0, 0.05) is 5.69 Å². The van der Waals surface area contributed by atoms with E-state index in [-0.39, 0.29) is 12.3 Å². The number of hydrogen-bond acceptors (Lipinski definition) is 3.